The van der Waals surface area contributed by atoms with Crippen molar-refractivity contribution in [1.29, 1.82) is 0 Å². The van der Waals surface area contributed by atoms with E-state index in [0.29, 0.717) is 17.6 Å². The molecule has 4 unspecified atom stereocenters. The smallest absolute Gasteiger partial charge is 0.167 e. The molecule has 1 aromatic rings. The second kappa shape index (κ2) is 5.69. The van der Waals surface area contributed by atoms with E-state index in [1.54, 1.807) is 0 Å². The summed E-state index contributed by atoms with van der Waals surface area (Å²) in [4.78, 5) is 12.5. The van der Waals surface area contributed by atoms with Crippen molar-refractivity contribution in [1.82, 2.24) is 0 Å². The van der Waals surface area contributed by atoms with Gasteiger partial charge in [0.05, 0.1) is 6.10 Å². The summed E-state index contributed by atoms with van der Waals surface area (Å²) >= 11 is 0. The number of benzene rings is 1. The van der Waals surface area contributed by atoms with Crippen LogP contribution in [0.3, 0.4) is 0 Å². The van der Waals surface area contributed by atoms with Gasteiger partial charge < -0.3 is 4.74 Å². The molecule has 0 bridgehead atoms. The van der Waals surface area contributed by atoms with E-state index in [9.17, 15) is 4.79 Å². The van der Waals surface area contributed by atoms with Crippen molar-refractivity contribution in [3.05, 3.63) is 35.9 Å². The highest BCUT2D eigenvalue weighted by atomic mass is 16.6. The Kier molecular flexibility index (Phi) is 3.93. The van der Waals surface area contributed by atoms with Crippen molar-refractivity contribution in [2.24, 2.45) is 11.8 Å². The minimum absolute atomic E-state index is 0.0914. The van der Waals surface area contributed by atoms with Crippen LogP contribution in [-0.2, 0) is 9.53 Å². The number of epoxide rings is 1. The summed E-state index contributed by atoms with van der Waals surface area (Å²) in [6.07, 6.45) is 4.96. The largest absolute Gasteiger partial charge is 0.361 e. The van der Waals surface area contributed by atoms with Crippen LogP contribution in [0.1, 0.15) is 51.0 Å². The Morgan fingerprint density at radius 1 is 1.15 bits per heavy atom. The zero-order valence-corrected chi connectivity index (χ0v) is 12.4. The van der Waals surface area contributed by atoms with E-state index >= 15 is 0 Å². The highest BCUT2D eigenvalue weighted by Gasteiger charge is 2.50. The van der Waals surface area contributed by atoms with Gasteiger partial charge in [-0.05, 0) is 24.3 Å². The summed E-state index contributed by atoms with van der Waals surface area (Å²) in [5, 5.41) is 0. The highest BCUT2D eigenvalue weighted by molar-refractivity contribution is 5.88. The molecule has 0 N–H and O–H groups in total. The fourth-order valence-electron chi connectivity index (χ4n) is 3.63. The van der Waals surface area contributed by atoms with Crippen molar-refractivity contribution in [3.63, 3.8) is 0 Å². The van der Waals surface area contributed by atoms with Crippen LogP contribution in [-0.4, -0.2) is 18.0 Å². The average molecular weight is 272 g/mol. The van der Waals surface area contributed by atoms with Crippen molar-refractivity contribution in [2.75, 3.05) is 0 Å². The van der Waals surface area contributed by atoms with E-state index in [-0.39, 0.29) is 18.1 Å². The first-order valence-electron chi connectivity index (χ1n) is 7.92. The number of ether oxygens (including phenoxy) is 1. The van der Waals surface area contributed by atoms with Crippen LogP contribution >= 0.6 is 0 Å². The average Bonchev–Trinajstić information content (AvgIpc) is 3.10. The van der Waals surface area contributed by atoms with Crippen molar-refractivity contribution in [3.8, 4) is 0 Å². The van der Waals surface area contributed by atoms with Gasteiger partial charge in [-0.25, -0.2) is 0 Å². The van der Waals surface area contributed by atoms with Crippen LogP contribution in [0.5, 0.6) is 0 Å². The highest BCUT2D eigenvalue weighted by Crippen LogP contribution is 2.40. The van der Waals surface area contributed by atoms with Crippen LogP contribution in [0, 0.1) is 11.8 Å². The SMILES string of the molecule is CC(C(=O)C1OC1C(C)c1ccccc1)C1CCCC1. The topological polar surface area (TPSA) is 29.6 Å². The molecule has 1 saturated heterocycles. The molecule has 1 aliphatic carbocycles. The third kappa shape index (κ3) is 2.67. The molecule has 2 nitrogen and oxygen atoms in total. The van der Waals surface area contributed by atoms with Crippen LogP contribution < -0.4 is 0 Å². The lowest BCUT2D eigenvalue weighted by Gasteiger charge is -2.16. The Labute approximate surface area is 121 Å². The van der Waals surface area contributed by atoms with E-state index in [4.69, 9.17) is 4.74 Å². The van der Waals surface area contributed by atoms with Gasteiger partial charge in [0.25, 0.3) is 0 Å². The van der Waals surface area contributed by atoms with E-state index in [0.717, 1.165) is 0 Å². The lowest BCUT2D eigenvalue weighted by Crippen LogP contribution is -2.25. The molecule has 1 heterocycles. The number of Topliss-reactive ketones (excluding diaryl/α,β-unsaturated/α-hetero) is 1. The molecule has 0 spiro atoms. The number of hydrogen-bond donors (Lipinski definition) is 0. The minimum atomic E-state index is -0.152. The number of carbonyl (C=O) groups is 1. The monoisotopic (exact) mass is 272 g/mol. The summed E-state index contributed by atoms with van der Waals surface area (Å²) in [5.41, 5.74) is 1.27. The maximum absolute atomic E-state index is 12.5. The van der Waals surface area contributed by atoms with Crippen LogP contribution in [0.4, 0.5) is 0 Å². The molecule has 2 aliphatic rings. The molecule has 1 aromatic carbocycles. The fraction of sp³-hybridized carbons (Fsp3) is 0.611. The second-order valence-corrected chi connectivity index (χ2v) is 6.46. The summed E-state index contributed by atoms with van der Waals surface area (Å²) in [5.74, 6) is 1.42. The Morgan fingerprint density at radius 3 is 2.45 bits per heavy atom. The Bertz CT molecular complexity index is 462. The summed E-state index contributed by atoms with van der Waals surface area (Å²) in [6, 6.07) is 10.4. The molecule has 3 rings (SSSR count). The normalized spacial score (nSPS) is 29.1. The molecule has 4 atom stereocenters. The molecule has 20 heavy (non-hydrogen) atoms. The molecule has 108 valence electrons. The summed E-state index contributed by atoms with van der Waals surface area (Å²) in [7, 11) is 0. The van der Waals surface area contributed by atoms with Crippen LogP contribution in [0.25, 0.3) is 0 Å². The molecule has 2 fully saturated rings. The molecule has 0 aromatic heterocycles. The zero-order valence-electron chi connectivity index (χ0n) is 12.4. The zero-order chi connectivity index (χ0) is 14.1. The van der Waals surface area contributed by atoms with Crippen molar-refractivity contribution < 1.29 is 9.53 Å². The maximum Gasteiger partial charge on any atom is 0.167 e. The quantitative estimate of drug-likeness (QED) is 0.759. The van der Waals surface area contributed by atoms with E-state index in [2.05, 4.69) is 26.0 Å². The predicted molar refractivity (Wildman–Crippen MR) is 79.6 cm³/mol. The number of carbonyl (C=O) groups excluding carboxylic acids is 1. The maximum atomic E-state index is 12.5. The third-order valence-electron chi connectivity index (χ3n) is 5.18. The number of hydrogen-bond acceptors (Lipinski definition) is 2. The summed E-state index contributed by atoms with van der Waals surface area (Å²) < 4.78 is 5.73. The lowest BCUT2D eigenvalue weighted by atomic mass is 9.85. The second-order valence-electron chi connectivity index (χ2n) is 6.46. The van der Waals surface area contributed by atoms with Gasteiger partial charge in [0.2, 0.25) is 0 Å². The first-order valence-corrected chi connectivity index (χ1v) is 7.92. The fourth-order valence-corrected chi connectivity index (χ4v) is 3.63. The molecule has 2 heteroatoms. The van der Waals surface area contributed by atoms with E-state index in [1.807, 2.05) is 18.2 Å². The minimum Gasteiger partial charge on any atom is -0.361 e. The third-order valence-corrected chi connectivity index (χ3v) is 5.18. The Hall–Kier alpha value is -1.15. The molecule has 0 amide bonds. The van der Waals surface area contributed by atoms with Crippen LogP contribution in [0.15, 0.2) is 30.3 Å². The first kappa shape index (κ1) is 13.8. The van der Waals surface area contributed by atoms with Crippen molar-refractivity contribution >= 4 is 5.78 Å². The standard InChI is InChI=1S/C18H24O2/c1-12(14-10-6-7-11-14)16(19)18-17(20-18)13(2)15-8-4-3-5-9-15/h3-5,8-9,12-14,17-18H,6-7,10-11H2,1-2H3. The van der Waals surface area contributed by atoms with Gasteiger partial charge in [-0.2, -0.15) is 0 Å². The van der Waals surface area contributed by atoms with Gasteiger partial charge in [0.15, 0.2) is 5.78 Å². The molecule has 1 saturated carbocycles. The summed E-state index contributed by atoms with van der Waals surface area (Å²) in [6.45, 7) is 4.26. The Morgan fingerprint density at radius 2 is 1.80 bits per heavy atom. The van der Waals surface area contributed by atoms with Gasteiger partial charge in [0, 0.05) is 11.8 Å². The van der Waals surface area contributed by atoms with Gasteiger partial charge in [-0.1, -0.05) is 57.0 Å². The van der Waals surface area contributed by atoms with Crippen molar-refractivity contribution in [2.45, 2.75) is 57.7 Å². The van der Waals surface area contributed by atoms with Gasteiger partial charge >= 0.3 is 0 Å². The lowest BCUT2D eigenvalue weighted by molar-refractivity contribution is -0.125. The number of ketones is 1. The van der Waals surface area contributed by atoms with E-state index in [1.165, 1.54) is 31.2 Å². The van der Waals surface area contributed by atoms with E-state index < -0.39 is 0 Å². The molecule has 0 radical (unpaired) electrons. The molecule has 1 aliphatic heterocycles. The molecular weight excluding hydrogens is 248 g/mol. The van der Waals surface area contributed by atoms with Gasteiger partial charge in [-0.3, -0.25) is 4.79 Å². The Balaban J connectivity index is 1.59. The van der Waals surface area contributed by atoms with Gasteiger partial charge in [0.1, 0.15) is 6.10 Å². The van der Waals surface area contributed by atoms with Gasteiger partial charge in [-0.15, -0.1) is 0 Å². The number of rotatable bonds is 5. The predicted octanol–water partition coefficient (Wildman–Crippen LogP) is 3.95. The molecular formula is C18H24O2. The first-order chi connectivity index (χ1) is 9.68. The van der Waals surface area contributed by atoms with Crippen LogP contribution in [0.2, 0.25) is 0 Å².